The molecule has 0 aliphatic rings. The van der Waals surface area contributed by atoms with E-state index >= 15 is 0 Å². The van der Waals surface area contributed by atoms with E-state index < -0.39 is 45.2 Å². The fourth-order valence-electron chi connectivity index (χ4n) is 5.01. The molecule has 12 heteroatoms. The van der Waals surface area contributed by atoms with Gasteiger partial charge in [-0.1, -0.05) is 44.2 Å². The summed E-state index contributed by atoms with van der Waals surface area (Å²) >= 11 is 0. The van der Waals surface area contributed by atoms with Crippen LogP contribution in [0.2, 0.25) is 0 Å². The highest BCUT2D eigenvalue weighted by atomic mass is 32.2. The Labute approximate surface area is 255 Å². The average Bonchev–Trinajstić information content (AvgIpc) is 2.86. The van der Waals surface area contributed by atoms with Crippen molar-refractivity contribution in [1.29, 1.82) is 0 Å². The lowest BCUT2D eigenvalue weighted by Gasteiger charge is -2.48. The fourth-order valence-corrected chi connectivity index (χ4v) is 6.64. The number of benzene rings is 2. The Bertz CT molecular complexity index is 1350. The van der Waals surface area contributed by atoms with Gasteiger partial charge in [0, 0.05) is 31.2 Å². The number of amides is 3. The second-order valence-corrected chi connectivity index (χ2v) is 14.5. The van der Waals surface area contributed by atoms with Crippen LogP contribution in [-0.4, -0.2) is 77.0 Å². The Balaban J connectivity index is 2.44. The fraction of sp³-hybridized carbons (Fsp3) is 0.516. The van der Waals surface area contributed by atoms with Gasteiger partial charge in [0.05, 0.1) is 17.0 Å². The third-order valence-electron chi connectivity index (χ3n) is 6.82. The monoisotopic (exact) mass is 617 g/mol. The topological polar surface area (TPSA) is 159 Å². The lowest BCUT2D eigenvalue weighted by molar-refractivity contribution is -0.276. The van der Waals surface area contributed by atoms with Crippen molar-refractivity contribution in [3.63, 3.8) is 0 Å². The molecule has 2 rings (SSSR count). The molecule has 0 aliphatic heterocycles. The van der Waals surface area contributed by atoms with Crippen molar-refractivity contribution in [1.82, 2.24) is 14.5 Å². The van der Waals surface area contributed by atoms with Crippen molar-refractivity contribution in [2.24, 2.45) is 5.92 Å². The first-order valence-electron chi connectivity index (χ1n) is 14.2. The molecule has 3 N–H and O–H groups in total. The number of hydrogen-bond donors (Lipinski definition) is 3. The number of nitrogens with zero attached hydrogens (tertiary/aromatic N) is 2. The minimum atomic E-state index is -4.09. The molecule has 0 saturated carbocycles. The molecule has 2 atom stereocenters. The molecular weight excluding hydrogens is 572 g/mol. The molecular formula is C31H45N4O7S-. The maximum Gasteiger partial charge on any atom is 0.245 e. The summed E-state index contributed by atoms with van der Waals surface area (Å²) in [5, 5.41) is 29.0. The van der Waals surface area contributed by atoms with Crippen LogP contribution in [-0.2, 0) is 26.0 Å². The highest BCUT2D eigenvalue weighted by Crippen LogP contribution is 2.26. The molecule has 11 nitrogen and oxygen atoms in total. The van der Waals surface area contributed by atoms with Crippen molar-refractivity contribution in [3.05, 3.63) is 60.2 Å². The van der Waals surface area contributed by atoms with Gasteiger partial charge in [-0.3, -0.25) is 9.59 Å². The number of hydrogen-bond acceptors (Lipinski definition) is 7. The van der Waals surface area contributed by atoms with E-state index in [9.17, 15) is 33.0 Å². The minimum absolute atomic E-state index is 0.0194. The van der Waals surface area contributed by atoms with Gasteiger partial charge < -0.3 is 30.5 Å². The molecule has 0 fully saturated rings. The van der Waals surface area contributed by atoms with Gasteiger partial charge in [-0.25, -0.2) is 8.42 Å². The van der Waals surface area contributed by atoms with Gasteiger partial charge in [0.1, 0.15) is 11.6 Å². The summed E-state index contributed by atoms with van der Waals surface area (Å²) in [5.74, 6) is -1.05. The lowest BCUT2D eigenvalue weighted by Crippen LogP contribution is -2.67. The number of nitrogens with one attached hydrogen (secondary N) is 2. The molecule has 0 saturated heterocycles. The molecule has 0 bridgehead atoms. The molecule has 0 spiro atoms. The van der Waals surface area contributed by atoms with Gasteiger partial charge in [-0.15, -0.1) is 0 Å². The number of carboxylic acid groups (broad SMARTS) is 1. The second kappa shape index (κ2) is 14.3. The van der Waals surface area contributed by atoms with Crippen LogP contribution in [0.25, 0.3) is 0 Å². The molecule has 2 aromatic carbocycles. The summed E-state index contributed by atoms with van der Waals surface area (Å²) in [6.07, 6.45) is -2.73. The van der Waals surface area contributed by atoms with Gasteiger partial charge in [-0.2, -0.15) is 4.31 Å². The SMILES string of the molecule is CC(=O)Nc1ccc(S(=O)(=O)N(CC(C)C)C[C@@H](O)[C@H](Cc2ccccc2)NC(=O)C(C)(C)N(C(=O)[O-])C(C)(C)C)cc1. The van der Waals surface area contributed by atoms with Crippen LogP contribution in [0.15, 0.2) is 59.5 Å². The first-order chi connectivity index (χ1) is 19.8. The highest BCUT2D eigenvalue weighted by Gasteiger charge is 2.42. The van der Waals surface area contributed by atoms with Gasteiger partial charge in [-0.05, 0) is 76.8 Å². The predicted molar refractivity (Wildman–Crippen MR) is 163 cm³/mol. The van der Waals surface area contributed by atoms with Crippen molar-refractivity contribution in [2.45, 2.75) is 89.9 Å². The van der Waals surface area contributed by atoms with Crippen molar-refractivity contribution in [2.75, 3.05) is 18.4 Å². The van der Waals surface area contributed by atoms with Gasteiger partial charge in [0.2, 0.25) is 21.8 Å². The Morgan fingerprint density at radius 3 is 1.95 bits per heavy atom. The number of aliphatic hydroxyl groups is 1. The van der Waals surface area contributed by atoms with E-state index in [4.69, 9.17) is 0 Å². The number of sulfonamides is 1. The van der Waals surface area contributed by atoms with Crippen molar-refractivity contribution >= 4 is 33.6 Å². The summed E-state index contributed by atoms with van der Waals surface area (Å²) in [6, 6.07) is 13.8. The van der Waals surface area contributed by atoms with Crippen LogP contribution in [0.3, 0.4) is 0 Å². The molecule has 0 radical (unpaired) electrons. The molecule has 2 aromatic rings. The molecule has 3 amide bonds. The molecule has 238 valence electrons. The van der Waals surface area contributed by atoms with E-state index in [-0.39, 0.29) is 36.2 Å². The summed E-state index contributed by atoms with van der Waals surface area (Å²) < 4.78 is 28.6. The van der Waals surface area contributed by atoms with Gasteiger partial charge in [0.15, 0.2) is 0 Å². The number of carbonyl (C=O) groups excluding carboxylic acids is 3. The maximum atomic E-state index is 13.7. The van der Waals surface area contributed by atoms with Crippen LogP contribution in [0.5, 0.6) is 0 Å². The predicted octanol–water partition coefficient (Wildman–Crippen LogP) is 2.60. The zero-order valence-electron chi connectivity index (χ0n) is 26.2. The molecule has 0 heterocycles. The zero-order chi connectivity index (χ0) is 32.8. The second-order valence-electron chi connectivity index (χ2n) is 12.6. The molecule has 43 heavy (non-hydrogen) atoms. The van der Waals surface area contributed by atoms with Crippen LogP contribution >= 0.6 is 0 Å². The van der Waals surface area contributed by atoms with E-state index in [1.54, 1.807) is 20.8 Å². The average molecular weight is 618 g/mol. The van der Waals surface area contributed by atoms with Gasteiger partial charge in [0.25, 0.3) is 0 Å². The third kappa shape index (κ3) is 9.77. The lowest BCUT2D eigenvalue weighted by atomic mass is 9.92. The quantitative estimate of drug-likeness (QED) is 0.312. The molecule has 0 aliphatic carbocycles. The van der Waals surface area contributed by atoms with E-state index in [2.05, 4.69) is 10.6 Å². The standard InChI is InChI=1S/C31H46N4O7S/c1-21(2)19-34(43(41,42)25-16-14-24(15-17-25)32-22(3)36)20-27(37)26(18-23-12-10-9-11-13-23)33-28(38)31(7,8)35(29(39)40)30(4,5)6/h9-17,21,26-27,37H,18-20H2,1-8H3,(H,32,36)(H,33,38)(H,39,40)/p-1/t26-,27+/m0/s1. The van der Waals surface area contributed by atoms with Crippen LogP contribution < -0.4 is 15.7 Å². The van der Waals surface area contributed by atoms with Crippen LogP contribution in [0.4, 0.5) is 10.5 Å². The first-order valence-corrected chi connectivity index (χ1v) is 15.6. The van der Waals surface area contributed by atoms with E-state index in [1.165, 1.54) is 49.3 Å². The van der Waals surface area contributed by atoms with E-state index in [0.717, 1.165) is 10.5 Å². The summed E-state index contributed by atoms with van der Waals surface area (Å²) in [7, 11) is -4.09. The summed E-state index contributed by atoms with van der Waals surface area (Å²) in [4.78, 5) is 38.0. The van der Waals surface area contributed by atoms with E-state index in [0.29, 0.717) is 5.69 Å². The largest absolute Gasteiger partial charge is 0.530 e. The van der Waals surface area contributed by atoms with Crippen molar-refractivity contribution < 1.29 is 33.0 Å². The third-order valence-corrected chi connectivity index (χ3v) is 8.67. The molecule has 0 aromatic heterocycles. The number of anilines is 1. The highest BCUT2D eigenvalue weighted by molar-refractivity contribution is 7.89. The maximum absolute atomic E-state index is 13.7. The zero-order valence-corrected chi connectivity index (χ0v) is 27.1. The Hall–Kier alpha value is -3.48. The minimum Gasteiger partial charge on any atom is -0.530 e. The Kier molecular flexibility index (Phi) is 11.9. The normalized spacial score (nSPS) is 13.8. The summed E-state index contributed by atoms with van der Waals surface area (Å²) in [5.41, 5.74) is -1.32. The van der Waals surface area contributed by atoms with Crippen LogP contribution in [0, 0.1) is 5.92 Å². The summed E-state index contributed by atoms with van der Waals surface area (Å²) in [6.45, 7) is 12.6. The van der Waals surface area contributed by atoms with Gasteiger partial charge >= 0.3 is 0 Å². The Morgan fingerprint density at radius 2 is 1.49 bits per heavy atom. The molecule has 0 unspecified atom stereocenters. The number of carbonyl (C=O) groups is 3. The number of rotatable bonds is 13. The Morgan fingerprint density at radius 1 is 0.930 bits per heavy atom. The first kappa shape index (κ1) is 35.7. The van der Waals surface area contributed by atoms with Crippen LogP contribution in [0.1, 0.15) is 61.0 Å². The smallest absolute Gasteiger partial charge is 0.245 e. The number of aliphatic hydroxyl groups excluding tert-OH is 1. The van der Waals surface area contributed by atoms with E-state index in [1.807, 2.05) is 44.2 Å². The van der Waals surface area contributed by atoms with Crippen molar-refractivity contribution in [3.8, 4) is 0 Å².